The monoisotopic (exact) mass is 568 g/mol. The zero-order valence-corrected chi connectivity index (χ0v) is 26.1. The molecular weight excluding hydrogens is 520 g/mol. The van der Waals surface area contributed by atoms with Crippen molar-refractivity contribution in [3.05, 3.63) is 40.9 Å². The minimum absolute atomic E-state index is 0.0150. The molecule has 7 nitrogen and oxygen atoms in total. The molecule has 0 bridgehead atoms. The number of Topliss-reactive ketones (excluding diaryl/α,β-unsaturated/α-hetero) is 2. The van der Waals surface area contributed by atoms with Crippen molar-refractivity contribution in [2.24, 2.45) is 11.8 Å². The molecule has 220 valence electrons. The van der Waals surface area contributed by atoms with Crippen LogP contribution in [0.4, 0.5) is 0 Å². The van der Waals surface area contributed by atoms with E-state index in [-0.39, 0.29) is 35.9 Å². The van der Waals surface area contributed by atoms with Gasteiger partial charge in [0.1, 0.15) is 5.78 Å². The highest BCUT2D eigenvalue weighted by Gasteiger charge is 2.27. The van der Waals surface area contributed by atoms with E-state index in [0.29, 0.717) is 37.3 Å². The van der Waals surface area contributed by atoms with Gasteiger partial charge < -0.3 is 15.0 Å². The number of piperazine rings is 1. The fraction of sp³-hybridized carbons (Fsp3) is 0.625. The molecule has 1 amide bonds. The summed E-state index contributed by atoms with van der Waals surface area (Å²) in [7, 11) is 2.11. The van der Waals surface area contributed by atoms with Crippen molar-refractivity contribution < 1.29 is 14.4 Å². The van der Waals surface area contributed by atoms with Crippen LogP contribution in [0, 0.1) is 11.8 Å². The number of ketones is 2. The van der Waals surface area contributed by atoms with Crippen molar-refractivity contribution in [1.29, 1.82) is 0 Å². The maximum atomic E-state index is 13.5. The summed E-state index contributed by atoms with van der Waals surface area (Å²) in [4.78, 5) is 48.0. The summed E-state index contributed by atoms with van der Waals surface area (Å²) in [5.74, 6) is 0.0660. The van der Waals surface area contributed by atoms with Gasteiger partial charge in [0.2, 0.25) is 5.91 Å². The van der Waals surface area contributed by atoms with Crippen LogP contribution in [0.15, 0.2) is 30.4 Å². The predicted molar refractivity (Wildman–Crippen MR) is 165 cm³/mol. The Kier molecular flexibility index (Phi) is 12.0. The number of amides is 1. The molecule has 1 fully saturated rings. The Bertz CT molecular complexity index is 1180. The first kappa shape index (κ1) is 32.1. The minimum atomic E-state index is -0.489. The quantitative estimate of drug-likeness (QED) is 0.296. The highest BCUT2D eigenvalue weighted by Crippen LogP contribution is 2.28. The van der Waals surface area contributed by atoms with Gasteiger partial charge in [-0.3, -0.25) is 14.5 Å². The zero-order valence-electron chi connectivity index (χ0n) is 25.3. The maximum Gasteiger partial charge on any atom is 0.224 e. The van der Waals surface area contributed by atoms with Crippen LogP contribution in [-0.2, 0) is 20.8 Å². The number of hydrogen-bond acceptors (Lipinski definition) is 7. The molecule has 2 heterocycles. The van der Waals surface area contributed by atoms with E-state index < -0.39 is 5.92 Å². The average molecular weight is 569 g/mol. The van der Waals surface area contributed by atoms with E-state index >= 15 is 0 Å². The second kappa shape index (κ2) is 15.0. The summed E-state index contributed by atoms with van der Waals surface area (Å²) >= 11 is 1.60. The van der Waals surface area contributed by atoms with Crippen LogP contribution in [0.2, 0.25) is 0 Å². The fourth-order valence-corrected chi connectivity index (χ4v) is 6.26. The third kappa shape index (κ3) is 9.32. The Labute approximate surface area is 244 Å². The highest BCUT2D eigenvalue weighted by molar-refractivity contribution is 7.18. The lowest BCUT2D eigenvalue weighted by atomic mass is 9.91. The number of carbonyl (C=O) groups excluding carboxylic acids is 3. The van der Waals surface area contributed by atoms with Crippen LogP contribution in [0.1, 0.15) is 76.8 Å². The Morgan fingerprint density at radius 2 is 1.82 bits per heavy atom. The van der Waals surface area contributed by atoms with Gasteiger partial charge in [-0.05, 0) is 49.9 Å². The number of carbonyl (C=O) groups is 3. The molecule has 0 unspecified atom stereocenters. The van der Waals surface area contributed by atoms with Gasteiger partial charge in [0, 0.05) is 63.6 Å². The van der Waals surface area contributed by atoms with Crippen LogP contribution in [-0.4, -0.2) is 78.1 Å². The molecule has 1 aliphatic rings. The second-order valence-electron chi connectivity index (χ2n) is 11.9. The normalized spacial score (nSPS) is 17.1. The van der Waals surface area contributed by atoms with Crippen molar-refractivity contribution in [3.63, 3.8) is 0 Å². The molecule has 1 saturated heterocycles. The first-order chi connectivity index (χ1) is 19.0. The van der Waals surface area contributed by atoms with Crippen LogP contribution >= 0.6 is 11.3 Å². The van der Waals surface area contributed by atoms with Gasteiger partial charge in [-0.25, -0.2) is 4.98 Å². The Balaban J connectivity index is 1.63. The standard InChI is InChI=1S/C32H48N4O3S/c1-8-22(4)27(11-12-29(38)23(5)20-36-15-13-35(7)14-16-36)34-32(39)26(17-24(6)37)19-31-33-28-10-9-25(21(2)3)18-30(28)40-31/h9-10,18,21-22,26-27H,5,8,11-17,19-20H2,1-4,6-7H3,(H,34,39)/t22-,26-,27+/m0/s1. The third-order valence-electron chi connectivity index (χ3n) is 8.19. The molecule has 3 atom stereocenters. The first-order valence-electron chi connectivity index (χ1n) is 14.8. The SMILES string of the molecule is C=C(CN1CCN(C)CC1)C(=O)CC[C@@H](NC(=O)[C@@H](CC(C)=O)Cc1nc2ccc(C(C)C)cc2s1)[C@@H](C)CC. The molecule has 0 aliphatic carbocycles. The summed E-state index contributed by atoms with van der Waals surface area (Å²) in [6, 6.07) is 6.18. The molecular formula is C32H48N4O3S. The van der Waals surface area contributed by atoms with E-state index in [2.05, 4.69) is 68.6 Å². The number of likely N-dealkylation sites (N-methyl/N-ethyl adjacent to an activating group) is 1. The van der Waals surface area contributed by atoms with Gasteiger partial charge in [0.25, 0.3) is 0 Å². The van der Waals surface area contributed by atoms with Crippen molar-refractivity contribution >= 4 is 39.0 Å². The molecule has 3 rings (SSSR count). The van der Waals surface area contributed by atoms with Gasteiger partial charge in [0.05, 0.1) is 21.1 Å². The van der Waals surface area contributed by atoms with Crippen LogP contribution in [0.25, 0.3) is 10.2 Å². The molecule has 8 heteroatoms. The maximum absolute atomic E-state index is 13.5. The van der Waals surface area contributed by atoms with Crippen LogP contribution in [0.3, 0.4) is 0 Å². The molecule has 1 aromatic carbocycles. The smallest absolute Gasteiger partial charge is 0.224 e. The molecule has 0 spiro atoms. The van der Waals surface area contributed by atoms with E-state index in [4.69, 9.17) is 4.98 Å². The zero-order chi connectivity index (χ0) is 29.4. The number of rotatable bonds is 15. The minimum Gasteiger partial charge on any atom is -0.353 e. The fourth-order valence-electron chi connectivity index (χ4n) is 5.16. The van der Waals surface area contributed by atoms with Crippen molar-refractivity contribution in [2.45, 2.75) is 78.7 Å². The largest absolute Gasteiger partial charge is 0.353 e. The van der Waals surface area contributed by atoms with E-state index in [1.54, 1.807) is 11.3 Å². The Morgan fingerprint density at radius 3 is 2.45 bits per heavy atom. The molecule has 0 saturated carbocycles. The van der Waals surface area contributed by atoms with Crippen LogP contribution in [0.5, 0.6) is 0 Å². The number of fused-ring (bicyclic) bond motifs is 1. The molecule has 0 radical (unpaired) electrons. The van der Waals surface area contributed by atoms with E-state index in [0.717, 1.165) is 47.8 Å². The number of thiazole rings is 1. The number of benzene rings is 1. The molecule has 1 aliphatic heterocycles. The number of nitrogens with one attached hydrogen (secondary N) is 1. The Morgan fingerprint density at radius 1 is 1.12 bits per heavy atom. The summed E-state index contributed by atoms with van der Waals surface area (Å²) in [5, 5.41) is 4.09. The van der Waals surface area contributed by atoms with Gasteiger partial charge in [-0.2, -0.15) is 0 Å². The lowest BCUT2D eigenvalue weighted by molar-refractivity contribution is -0.129. The molecule has 1 aromatic heterocycles. The summed E-state index contributed by atoms with van der Waals surface area (Å²) < 4.78 is 1.11. The van der Waals surface area contributed by atoms with Gasteiger partial charge >= 0.3 is 0 Å². The lowest BCUT2D eigenvalue weighted by Gasteiger charge is -2.32. The van der Waals surface area contributed by atoms with E-state index in [1.165, 1.54) is 12.5 Å². The first-order valence-corrected chi connectivity index (χ1v) is 15.6. The van der Waals surface area contributed by atoms with Gasteiger partial charge in [-0.1, -0.05) is 46.8 Å². The lowest BCUT2D eigenvalue weighted by Crippen LogP contribution is -2.45. The summed E-state index contributed by atoms with van der Waals surface area (Å²) in [5.41, 5.74) is 2.83. The van der Waals surface area contributed by atoms with Crippen molar-refractivity contribution in [3.8, 4) is 0 Å². The number of hydrogen-bond donors (Lipinski definition) is 1. The Hall–Kier alpha value is -2.42. The van der Waals surface area contributed by atoms with E-state index in [1.807, 2.05) is 6.07 Å². The third-order valence-corrected chi connectivity index (χ3v) is 9.24. The molecule has 1 N–H and O–H groups in total. The molecule has 2 aromatic rings. The van der Waals surface area contributed by atoms with Crippen LogP contribution < -0.4 is 5.32 Å². The van der Waals surface area contributed by atoms with E-state index in [9.17, 15) is 14.4 Å². The average Bonchev–Trinajstić information content (AvgIpc) is 3.32. The topological polar surface area (TPSA) is 82.6 Å². The number of aromatic nitrogens is 1. The number of nitrogens with zero attached hydrogens (tertiary/aromatic N) is 3. The predicted octanol–water partition coefficient (Wildman–Crippen LogP) is 5.24. The second-order valence-corrected chi connectivity index (χ2v) is 13.1. The summed E-state index contributed by atoms with van der Waals surface area (Å²) in [6.07, 6.45) is 2.40. The highest BCUT2D eigenvalue weighted by atomic mass is 32.1. The van der Waals surface area contributed by atoms with Gasteiger partial charge in [-0.15, -0.1) is 11.3 Å². The van der Waals surface area contributed by atoms with Crippen molar-refractivity contribution in [1.82, 2.24) is 20.1 Å². The van der Waals surface area contributed by atoms with Crippen molar-refractivity contribution in [2.75, 3.05) is 39.8 Å². The summed E-state index contributed by atoms with van der Waals surface area (Å²) in [6.45, 7) is 18.6. The van der Waals surface area contributed by atoms with Gasteiger partial charge in [0.15, 0.2) is 5.78 Å². The molecule has 40 heavy (non-hydrogen) atoms.